The number of carbonyl (C=O) groups is 21. The first-order valence-electron chi connectivity index (χ1n) is 40.1. The molecule has 1 aliphatic heterocycles. The van der Waals surface area contributed by atoms with Crippen molar-refractivity contribution in [2.75, 3.05) is 44.8 Å². The monoisotopic (exact) mass is 1770 g/mol. The molecule has 0 radical (unpaired) electrons. The molecular formula is C80H108N18O28. The molecule has 1 fully saturated rings. The van der Waals surface area contributed by atoms with Crippen molar-refractivity contribution in [1.82, 2.24) is 79.4 Å². The molecule has 0 saturated carbocycles. The van der Waals surface area contributed by atoms with E-state index in [0.29, 0.717) is 29.3 Å². The minimum Gasteiger partial charge on any atom is -0.495 e. The Kier molecular flexibility index (Phi) is 41.3. The Morgan fingerprint density at radius 2 is 1.10 bits per heavy atom. The van der Waals surface area contributed by atoms with Crippen LogP contribution in [0, 0.1) is 5.92 Å². The summed E-state index contributed by atoms with van der Waals surface area (Å²) in [6.45, 7) is 0.764. The van der Waals surface area contributed by atoms with E-state index in [9.17, 15) is 126 Å². The smallest absolute Gasteiger partial charge is 0.329 e. The Labute approximate surface area is 720 Å². The fourth-order valence-electron chi connectivity index (χ4n) is 12.9. The highest BCUT2D eigenvalue weighted by molar-refractivity contribution is 6.06. The predicted octanol–water partition coefficient (Wildman–Crippen LogP) is -4.56. The van der Waals surface area contributed by atoms with Gasteiger partial charge in [0.15, 0.2) is 5.78 Å². The molecular weight excluding hydrogens is 1660 g/mol. The number of carbonyl (C=O) groups excluding carboxylic acids is 17. The summed E-state index contributed by atoms with van der Waals surface area (Å²) in [6, 6.07) is -6.99. The number of nitrogens with two attached hydrogens (primary N) is 3. The number of fused-ring (bicyclic) bond motifs is 1. The molecule has 0 bridgehead atoms. The van der Waals surface area contributed by atoms with E-state index in [1.807, 2.05) is 16.0 Å². The molecule has 46 nitrogen and oxygen atoms in total. The van der Waals surface area contributed by atoms with E-state index in [4.69, 9.17) is 26.7 Å². The Morgan fingerprint density at radius 3 is 1.72 bits per heavy atom. The molecule has 5 rings (SSSR count). The lowest BCUT2D eigenvalue weighted by Crippen LogP contribution is -2.62. The summed E-state index contributed by atoms with van der Waals surface area (Å²) in [5.74, 6) is -31.1. The highest BCUT2D eigenvalue weighted by Crippen LogP contribution is 2.26. The summed E-state index contributed by atoms with van der Waals surface area (Å²) < 4.78 is 10.9. The molecule has 3 aromatic carbocycles. The number of primary amides is 1. The van der Waals surface area contributed by atoms with E-state index in [1.165, 1.54) is 49.6 Å². The van der Waals surface area contributed by atoms with Crippen LogP contribution in [0.15, 0.2) is 72.9 Å². The average Bonchev–Trinajstić information content (AvgIpc) is 1.69. The van der Waals surface area contributed by atoms with E-state index in [0.717, 1.165) is 52.9 Å². The number of aromatic amines is 1. The lowest BCUT2D eigenvalue weighted by Gasteiger charge is -2.30. The number of nitrogens with one attached hydrogen (secondary N) is 15. The van der Waals surface area contributed by atoms with Gasteiger partial charge in [0.05, 0.1) is 70.2 Å². The molecule has 2 heterocycles. The van der Waals surface area contributed by atoms with Crippen LogP contribution in [0.5, 0.6) is 5.75 Å². The summed E-state index contributed by atoms with van der Waals surface area (Å²) in [4.78, 5) is 293. The van der Waals surface area contributed by atoms with Crippen LogP contribution in [0.1, 0.15) is 157 Å². The summed E-state index contributed by atoms with van der Waals surface area (Å²) in [5, 5.41) is 81.7. The number of ketones is 1. The number of Topliss-reactive ketones (excluding diaryl/α,β-unsaturated/α-hetero) is 1. The zero-order valence-corrected chi connectivity index (χ0v) is 69.6. The summed E-state index contributed by atoms with van der Waals surface area (Å²) in [7, 11) is 1.28. The van der Waals surface area contributed by atoms with Crippen LogP contribution in [-0.4, -0.2) is 261 Å². The van der Waals surface area contributed by atoms with Crippen molar-refractivity contribution in [1.29, 1.82) is 0 Å². The number of aliphatic hydroxyl groups excluding tert-OH is 1. The number of amides is 15. The largest absolute Gasteiger partial charge is 0.495 e. The maximum atomic E-state index is 15.0. The fourth-order valence-corrected chi connectivity index (χ4v) is 12.9. The van der Waals surface area contributed by atoms with Gasteiger partial charge in [-0.2, -0.15) is 0 Å². The van der Waals surface area contributed by atoms with E-state index in [2.05, 4.69) is 70.4 Å². The quantitative estimate of drug-likeness (QED) is 0.00869. The number of anilines is 2. The Balaban J connectivity index is 1.64. The van der Waals surface area contributed by atoms with Crippen molar-refractivity contribution < 1.29 is 136 Å². The highest BCUT2D eigenvalue weighted by atomic mass is 16.5. The second-order valence-electron chi connectivity index (χ2n) is 29.6. The Morgan fingerprint density at radius 1 is 0.548 bits per heavy atom. The van der Waals surface area contributed by atoms with Crippen LogP contribution in [0.2, 0.25) is 0 Å². The lowest BCUT2D eigenvalue weighted by molar-refractivity contribution is -0.156. The molecule has 1 saturated heterocycles. The van der Waals surface area contributed by atoms with E-state index in [1.54, 1.807) is 30.5 Å². The summed E-state index contributed by atoms with van der Waals surface area (Å²) >= 11 is 0. The SMILES string of the molecule is CCCCCCCCCC(=O)N[C@@H](Cc1c[nH]c2ccccc12)C(=O)N[C@@H](CC(N)=O)C(=O)N[C@@H](CC(=O)O)C(=O)NC1C(=O)NCC(=O)N[C@@H](CCCNC(=O)c2cccc(OC)c2N)C(=O)NC(CC(=O)O)C(=O)N[C@H](C)C(=O)N[C@@H](CC(=O)O)C(=O)NCC(=O)N[C@H](CO)C(=O)NC([C@H](C)CC(=O)O)C(=O)N[C@@H](CC(=O)c2ccccc2N)C(=O)OC1C. The number of aliphatic carboxylic acids is 4. The Bertz CT molecular complexity index is 4650. The molecule has 126 heavy (non-hydrogen) atoms. The van der Waals surface area contributed by atoms with E-state index >= 15 is 0 Å². The molecule has 0 spiro atoms. The van der Waals surface area contributed by atoms with Crippen molar-refractivity contribution in [2.24, 2.45) is 11.7 Å². The topological polar surface area (TPSA) is 740 Å². The zero-order chi connectivity index (χ0) is 93.6. The third-order valence-electron chi connectivity index (χ3n) is 19.7. The molecule has 46 heteroatoms. The minimum atomic E-state index is -2.51. The van der Waals surface area contributed by atoms with Crippen LogP contribution in [0.3, 0.4) is 0 Å². The van der Waals surface area contributed by atoms with Gasteiger partial charge in [0, 0.05) is 54.2 Å². The molecule has 1 aliphatic rings. The predicted molar refractivity (Wildman–Crippen MR) is 441 cm³/mol. The molecule has 686 valence electrons. The second-order valence-corrected chi connectivity index (χ2v) is 29.6. The molecule has 4 unspecified atom stereocenters. The number of cyclic esters (lactones) is 1. The van der Waals surface area contributed by atoms with Crippen LogP contribution < -0.4 is 96.4 Å². The van der Waals surface area contributed by atoms with Crippen molar-refractivity contribution in [2.45, 2.75) is 209 Å². The second kappa shape index (κ2) is 50.9. The number of ether oxygens (including phenoxy) is 2. The number of hydrogen-bond donors (Lipinski definition) is 23. The third-order valence-corrected chi connectivity index (χ3v) is 19.7. The van der Waals surface area contributed by atoms with Crippen molar-refractivity contribution in [3.63, 3.8) is 0 Å². The number of para-hydroxylation sites is 3. The van der Waals surface area contributed by atoms with Crippen LogP contribution in [-0.2, 0) is 102 Å². The molecule has 15 amide bonds. The number of H-pyrrole nitrogens is 1. The first-order valence-corrected chi connectivity index (χ1v) is 40.1. The first-order chi connectivity index (χ1) is 59.6. The van der Waals surface area contributed by atoms with Crippen molar-refractivity contribution in [3.8, 4) is 5.75 Å². The van der Waals surface area contributed by atoms with Crippen molar-refractivity contribution >= 4 is 147 Å². The van der Waals surface area contributed by atoms with Gasteiger partial charge in [-0.1, -0.05) is 88.8 Å². The van der Waals surface area contributed by atoms with E-state index in [-0.39, 0.29) is 54.1 Å². The zero-order valence-electron chi connectivity index (χ0n) is 69.6. The van der Waals surface area contributed by atoms with Gasteiger partial charge in [0.1, 0.15) is 78.3 Å². The number of unbranched alkanes of at least 4 members (excludes halogenated alkanes) is 6. The molecule has 13 atom stereocenters. The summed E-state index contributed by atoms with van der Waals surface area (Å²) in [5.41, 5.74) is 18.3. The molecule has 1 aromatic heterocycles. The van der Waals surface area contributed by atoms with Crippen molar-refractivity contribution in [3.05, 3.63) is 89.6 Å². The van der Waals surface area contributed by atoms with Gasteiger partial charge in [-0.3, -0.25) is 95.9 Å². The standard InChI is InChI=1S/C80H108N18O28/c1-6-7-8-9-10-11-12-26-59(102)90-49(29-42-35-85-47-23-16-14-19-43(42)47)74(118)93-50(31-58(82)101)75(119)95-53(34-65(111)112)76(120)98-68-41(4)126-80(124)54(30-56(100)44-20-13-15-22-46(44)81)96-79(123)67(39(2)28-62(105)106)97-77(121)55(38-99)91-61(104)36-86-71(115)51(32-63(107)108)92-69(113)40(3)88-73(117)52(33-64(109)110)94-72(116)48(89-60(103)37-87-78(68)122)24-18-27-84-70(114)45-21-17-25-57(125-5)66(45)83/h13-17,19-23,25,35,39-41,48-55,67-68,85,99H,6-12,18,24,26-34,36-38,81,83H2,1-5H3,(H2,82,101)(H,84,114)(H,86,115)(H,87,122)(H,88,117)(H,89,103)(H,90,102)(H,91,104)(H,92,113)(H,93,118)(H,94,116)(H,95,119)(H,96,123)(H,97,121)(H,98,120)(H,105,106)(H,107,108)(H,109,110)(H,111,112)/t39-,40-,41?,48+,49+,50+,51+,52?,53+,54+,55-,67?,68?/m1/s1. The number of rotatable bonds is 38. The average molecular weight is 1770 g/mol. The highest BCUT2D eigenvalue weighted by Gasteiger charge is 2.41. The van der Waals surface area contributed by atoms with Crippen LogP contribution in [0.25, 0.3) is 10.9 Å². The minimum absolute atomic E-state index is 0.0342. The van der Waals surface area contributed by atoms with Crippen LogP contribution in [0.4, 0.5) is 11.4 Å². The molecule has 0 aliphatic carbocycles. The number of carboxylic acid groups (broad SMARTS) is 4. The fraction of sp³-hybridized carbons (Fsp3) is 0.487. The number of hydrogen-bond acceptors (Lipinski definition) is 26. The number of aliphatic hydroxyl groups is 1. The van der Waals surface area contributed by atoms with Gasteiger partial charge in [0.25, 0.3) is 5.91 Å². The molecule has 4 aromatic rings. The van der Waals surface area contributed by atoms with Crippen LogP contribution >= 0.6 is 0 Å². The van der Waals surface area contributed by atoms with Gasteiger partial charge < -0.3 is 132 Å². The first kappa shape index (κ1) is 102. The normalized spacial score (nSPS) is 20.3. The number of nitrogen functional groups attached to an aromatic ring is 2. The maximum absolute atomic E-state index is 15.0. The Hall–Kier alpha value is -14.4. The van der Waals surface area contributed by atoms with Gasteiger partial charge in [-0.15, -0.1) is 0 Å². The van der Waals surface area contributed by atoms with Gasteiger partial charge in [-0.05, 0) is 74.9 Å². The maximum Gasteiger partial charge on any atom is 0.329 e. The van der Waals surface area contributed by atoms with Gasteiger partial charge in [-0.25, -0.2) is 4.79 Å². The summed E-state index contributed by atoms with van der Waals surface area (Å²) in [6.07, 6.45) is -3.08. The number of aromatic nitrogens is 1. The molecule has 26 N–H and O–H groups in total. The lowest BCUT2D eigenvalue weighted by atomic mass is 9.96. The van der Waals surface area contributed by atoms with Gasteiger partial charge in [0.2, 0.25) is 82.7 Å². The number of methoxy groups -OCH3 is 1. The third kappa shape index (κ3) is 33.5. The number of carboxylic acids is 4. The number of benzene rings is 3. The van der Waals surface area contributed by atoms with Gasteiger partial charge >= 0.3 is 29.8 Å². The number of esters is 1. The van der Waals surface area contributed by atoms with E-state index < -0.39 is 267 Å².